The lowest BCUT2D eigenvalue weighted by Gasteiger charge is -2.29. The van der Waals surface area contributed by atoms with Crippen LogP contribution in [0.3, 0.4) is 0 Å². The van der Waals surface area contributed by atoms with E-state index in [4.69, 9.17) is 17.0 Å². The van der Waals surface area contributed by atoms with Crippen LogP contribution in [-0.2, 0) is 4.79 Å². The van der Waals surface area contributed by atoms with E-state index < -0.39 is 0 Å². The van der Waals surface area contributed by atoms with Crippen molar-refractivity contribution in [3.63, 3.8) is 0 Å². The molecule has 1 fully saturated rings. The van der Waals surface area contributed by atoms with Crippen LogP contribution < -0.4 is 20.3 Å². The van der Waals surface area contributed by atoms with Gasteiger partial charge in [0.1, 0.15) is 11.8 Å². The highest BCUT2D eigenvalue weighted by atomic mass is 32.1. The Bertz CT molecular complexity index is 1380. The fraction of sp³-hybridized carbons (Fsp3) is 0.185. The summed E-state index contributed by atoms with van der Waals surface area (Å²) >= 11 is 5.87. The van der Waals surface area contributed by atoms with Crippen molar-refractivity contribution in [1.29, 1.82) is 0 Å². The Morgan fingerprint density at radius 2 is 2.00 bits per heavy atom. The van der Waals surface area contributed by atoms with E-state index in [0.717, 1.165) is 22.8 Å². The number of hydrogen-bond acceptors (Lipinski definition) is 5. The van der Waals surface area contributed by atoms with Gasteiger partial charge in [0.2, 0.25) is 5.91 Å². The van der Waals surface area contributed by atoms with E-state index in [1.165, 1.54) is 0 Å². The molecule has 4 heterocycles. The second-order valence-electron chi connectivity index (χ2n) is 8.30. The molecule has 1 aliphatic rings. The lowest BCUT2D eigenvalue weighted by Crippen LogP contribution is -2.30. The highest BCUT2D eigenvalue weighted by molar-refractivity contribution is 7.80. The van der Waals surface area contributed by atoms with Crippen LogP contribution in [0.25, 0.3) is 5.69 Å². The highest BCUT2D eigenvalue weighted by Gasteiger charge is 2.42. The normalized spacial score (nSPS) is 17.1. The van der Waals surface area contributed by atoms with Crippen molar-refractivity contribution in [3.05, 3.63) is 96.8 Å². The van der Waals surface area contributed by atoms with Gasteiger partial charge in [0.25, 0.3) is 0 Å². The second kappa shape index (κ2) is 10.2. The minimum atomic E-state index is -0.219. The van der Waals surface area contributed by atoms with E-state index in [1.807, 2.05) is 73.9 Å². The number of amides is 1. The van der Waals surface area contributed by atoms with Crippen molar-refractivity contribution in [2.45, 2.75) is 25.4 Å². The molecule has 2 atom stereocenters. The zero-order chi connectivity index (χ0) is 25.1. The van der Waals surface area contributed by atoms with Gasteiger partial charge in [-0.25, -0.2) is 0 Å². The molecule has 0 saturated carbocycles. The summed E-state index contributed by atoms with van der Waals surface area (Å²) in [5.41, 5.74) is 4.30. The molecular weight excluding hydrogens is 472 g/mol. The molecule has 182 valence electrons. The fourth-order valence-electron chi connectivity index (χ4n) is 4.47. The number of hydrogen-bond donors (Lipinski definition) is 2. The van der Waals surface area contributed by atoms with Crippen LogP contribution in [0.15, 0.2) is 85.5 Å². The second-order valence-corrected chi connectivity index (χ2v) is 8.68. The third-order valence-corrected chi connectivity index (χ3v) is 6.48. The number of nitrogens with one attached hydrogen (secondary N) is 2. The van der Waals surface area contributed by atoms with Crippen LogP contribution in [0.4, 0.5) is 11.4 Å². The zero-order valence-corrected chi connectivity index (χ0v) is 20.8. The lowest BCUT2D eigenvalue weighted by molar-refractivity contribution is -0.115. The van der Waals surface area contributed by atoms with Gasteiger partial charge in [0.15, 0.2) is 5.11 Å². The van der Waals surface area contributed by atoms with Gasteiger partial charge in [-0.2, -0.15) is 0 Å². The summed E-state index contributed by atoms with van der Waals surface area (Å²) in [7, 11) is 1.59. The average molecular weight is 499 g/mol. The summed E-state index contributed by atoms with van der Waals surface area (Å²) < 4.78 is 7.74. The Morgan fingerprint density at radius 1 is 1.11 bits per heavy atom. The minimum Gasteiger partial charge on any atom is -0.494 e. The summed E-state index contributed by atoms with van der Waals surface area (Å²) in [6.07, 6.45) is 7.77. The average Bonchev–Trinajstić information content (AvgIpc) is 3.54. The smallest absolute Gasteiger partial charge is 0.224 e. The van der Waals surface area contributed by atoms with E-state index in [1.54, 1.807) is 19.5 Å². The third kappa shape index (κ3) is 4.40. The molecule has 1 saturated heterocycles. The van der Waals surface area contributed by atoms with Gasteiger partial charge in [-0.3, -0.25) is 14.8 Å². The number of anilines is 2. The number of nitrogens with zero attached hydrogens (tertiary/aromatic N) is 4. The Balaban J connectivity index is 1.62. The molecule has 4 aromatic rings. The maximum Gasteiger partial charge on any atom is 0.224 e. The van der Waals surface area contributed by atoms with Crippen molar-refractivity contribution in [3.8, 4) is 11.4 Å². The number of methoxy groups -OCH3 is 1. The van der Waals surface area contributed by atoms with E-state index >= 15 is 0 Å². The summed E-state index contributed by atoms with van der Waals surface area (Å²) in [5.74, 6) is 0.474. The summed E-state index contributed by atoms with van der Waals surface area (Å²) in [6.45, 7) is 1.81. The van der Waals surface area contributed by atoms with Crippen molar-refractivity contribution in [2.24, 2.45) is 0 Å². The van der Waals surface area contributed by atoms with Gasteiger partial charge in [0, 0.05) is 42.5 Å². The number of rotatable bonds is 7. The molecule has 0 spiro atoms. The first kappa shape index (κ1) is 23.5. The molecule has 1 amide bonds. The minimum absolute atomic E-state index is 0.0817. The van der Waals surface area contributed by atoms with Gasteiger partial charge < -0.3 is 24.8 Å². The first-order chi connectivity index (χ1) is 17.6. The summed E-state index contributed by atoms with van der Waals surface area (Å²) in [6, 6.07) is 19.2. The Morgan fingerprint density at radius 3 is 2.72 bits per heavy atom. The monoisotopic (exact) mass is 498 g/mol. The summed E-state index contributed by atoms with van der Waals surface area (Å²) in [4.78, 5) is 23.0. The number of ether oxygens (including phenoxy) is 1. The van der Waals surface area contributed by atoms with Crippen molar-refractivity contribution in [2.75, 3.05) is 17.3 Å². The van der Waals surface area contributed by atoms with Crippen LogP contribution in [0, 0.1) is 0 Å². The Hall–Kier alpha value is -4.24. The van der Waals surface area contributed by atoms with Crippen LogP contribution in [0.1, 0.15) is 36.8 Å². The van der Waals surface area contributed by atoms with Crippen molar-refractivity contribution in [1.82, 2.24) is 19.9 Å². The lowest BCUT2D eigenvalue weighted by atomic mass is 10.0. The van der Waals surface area contributed by atoms with Gasteiger partial charge in [-0.05, 0) is 60.7 Å². The SMILES string of the molecule is CCC(=O)Nc1ccc(N2C(=S)NC(c3ccccn3)C2c2cccn2-c2cccnc2)cc1OC. The number of pyridine rings is 2. The molecule has 36 heavy (non-hydrogen) atoms. The largest absolute Gasteiger partial charge is 0.494 e. The molecule has 5 rings (SSSR count). The quantitative estimate of drug-likeness (QED) is 0.354. The molecule has 0 bridgehead atoms. The molecule has 2 N–H and O–H groups in total. The maximum absolute atomic E-state index is 12.0. The number of benzene rings is 1. The van der Waals surface area contributed by atoms with E-state index in [2.05, 4.69) is 36.1 Å². The molecule has 8 nitrogen and oxygen atoms in total. The van der Waals surface area contributed by atoms with Crippen LogP contribution in [0.5, 0.6) is 5.75 Å². The fourth-order valence-corrected chi connectivity index (χ4v) is 4.82. The van der Waals surface area contributed by atoms with E-state index in [9.17, 15) is 4.79 Å². The molecule has 0 aliphatic carbocycles. The van der Waals surface area contributed by atoms with Gasteiger partial charge in [-0.15, -0.1) is 0 Å². The number of carbonyl (C=O) groups excluding carboxylic acids is 1. The topological polar surface area (TPSA) is 84.3 Å². The van der Waals surface area contributed by atoms with Gasteiger partial charge >= 0.3 is 0 Å². The van der Waals surface area contributed by atoms with Crippen molar-refractivity contribution < 1.29 is 9.53 Å². The third-order valence-electron chi connectivity index (χ3n) is 6.16. The van der Waals surface area contributed by atoms with Crippen LogP contribution in [-0.4, -0.2) is 32.7 Å². The van der Waals surface area contributed by atoms with Crippen LogP contribution >= 0.6 is 12.2 Å². The number of thiocarbonyl (C=S) groups is 1. The molecule has 1 aromatic carbocycles. The highest BCUT2D eigenvalue weighted by Crippen LogP contribution is 2.43. The molecular formula is C27H26N6O2S. The van der Waals surface area contributed by atoms with E-state index in [0.29, 0.717) is 23.0 Å². The molecule has 0 radical (unpaired) electrons. The maximum atomic E-state index is 12.0. The molecule has 9 heteroatoms. The molecule has 2 unspecified atom stereocenters. The Labute approximate surface area is 215 Å². The van der Waals surface area contributed by atoms with Gasteiger partial charge in [0.05, 0.1) is 36.4 Å². The van der Waals surface area contributed by atoms with Crippen LogP contribution in [0.2, 0.25) is 0 Å². The Kier molecular flexibility index (Phi) is 6.64. The number of aromatic nitrogens is 3. The first-order valence-electron chi connectivity index (χ1n) is 11.7. The zero-order valence-electron chi connectivity index (χ0n) is 20.0. The number of carbonyl (C=O) groups is 1. The first-order valence-corrected chi connectivity index (χ1v) is 12.1. The predicted octanol–water partition coefficient (Wildman–Crippen LogP) is 4.80. The van der Waals surface area contributed by atoms with Crippen molar-refractivity contribution >= 4 is 34.6 Å². The predicted molar refractivity (Wildman–Crippen MR) is 143 cm³/mol. The molecule has 3 aromatic heterocycles. The standard InChI is InChI=1S/C27H26N6O2S/c1-3-24(34)30-20-12-11-18(16-23(20)35-2)33-26(25(31-27(33)36)21-9-4-5-14-29-21)22-10-7-15-32(22)19-8-6-13-28-17-19/h4-17,25-26H,3H2,1-2H3,(H,30,34)(H,31,36). The van der Waals surface area contributed by atoms with E-state index in [-0.39, 0.29) is 18.0 Å². The summed E-state index contributed by atoms with van der Waals surface area (Å²) in [5, 5.41) is 6.95. The van der Waals surface area contributed by atoms with Gasteiger partial charge in [-0.1, -0.05) is 13.0 Å². The molecule has 1 aliphatic heterocycles.